The largest absolute Gasteiger partial charge is 0.481 e. The average molecular weight is 302 g/mol. The summed E-state index contributed by atoms with van der Waals surface area (Å²) in [4.78, 5) is 10.4. The minimum atomic E-state index is -2.89. The Bertz CT molecular complexity index is 588. The van der Waals surface area contributed by atoms with E-state index >= 15 is 0 Å². The molecule has 0 aliphatic rings. The number of carboxylic acids is 1. The maximum atomic E-state index is 12.0. The van der Waals surface area contributed by atoms with Crippen molar-refractivity contribution >= 4 is 17.7 Å². The van der Waals surface area contributed by atoms with Gasteiger partial charge in [-0.1, -0.05) is 11.8 Å². The number of hydrogen-bond donors (Lipinski definition) is 1. The van der Waals surface area contributed by atoms with Gasteiger partial charge in [0.25, 0.3) is 5.22 Å². The van der Waals surface area contributed by atoms with Gasteiger partial charge in [0.1, 0.15) is 11.5 Å². The van der Waals surface area contributed by atoms with Crippen molar-refractivity contribution in [3.8, 4) is 17.2 Å². The Balaban J connectivity index is 2.06. The van der Waals surface area contributed by atoms with Crippen molar-refractivity contribution < 1.29 is 27.8 Å². The molecule has 0 atom stereocenters. The minimum absolute atomic E-state index is 0.0174. The van der Waals surface area contributed by atoms with Crippen molar-refractivity contribution in [1.29, 1.82) is 0 Å². The van der Waals surface area contributed by atoms with Crippen molar-refractivity contribution in [1.82, 2.24) is 10.2 Å². The Morgan fingerprint density at radius 1 is 1.35 bits per heavy atom. The van der Waals surface area contributed by atoms with Crippen LogP contribution in [0.2, 0.25) is 0 Å². The zero-order valence-electron chi connectivity index (χ0n) is 9.82. The van der Waals surface area contributed by atoms with Crippen molar-refractivity contribution in [2.24, 2.45) is 0 Å². The number of benzene rings is 1. The predicted octanol–water partition coefficient (Wildman–Crippen LogP) is 2.51. The zero-order valence-corrected chi connectivity index (χ0v) is 10.6. The third-order valence-electron chi connectivity index (χ3n) is 2.05. The molecule has 0 amide bonds. The Labute approximate surface area is 115 Å². The molecule has 0 aliphatic carbocycles. The molecule has 1 heterocycles. The topological polar surface area (TPSA) is 85.5 Å². The fraction of sp³-hybridized carbons (Fsp3) is 0.182. The number of aromatic nitrogens is 2. The molecule has 20 heavy (non-hydrogen) atoms. The number of nitrogens with zero attached hydrogens (tertiary/aromatic N) is 2. The summed E-state index contributed by atoms with van der Waals surface area (Å²) in [6.45, 7) is -2.89. The second-order valence-corrected chi connectivity index (χ2v) is 4.39. The van der Waals surface area contributed by atoms with Crippen LogP contribution in [0.4, 0.5) is 8.78 Å². The van der Waals surface area contributed by atoms with Gasteiger partial charge >= 0.3 is 12.6 Å². The van der Waals surface area contributed by atoms with Gasteiger partial charge in [-0.05, 0) is 24.3 Å². The van der Waals surface area contributed by atoms with E-state index in [0.29, 0.717) is 5.56 Å². The molecule has 0 fully saturated rings. The molecule has 1 N–H and O–H groups in total. The fourth-order valence-electron chi connectivity index (χ4n) is 1.29. The van der Waals surface area contributed by atoms with Gasteiger partial charge in [-0.2, -0.15) is 8.78 Å². The molecule has 106 valence electrons. The lowest BCUT2D eigenvalue weighted by Crippen LogP contribution is -2.01. The van der Waals surface area contributed by atoms with Crippen molar-refractivity contribution in [2.75, 3.05) is 5.75 Å². The second kappa shape index (κ2) is 6.33. The number of carboxylic acid groups (broad SMARTS) is 1. The SMILES string of the molecule is O=C(O)CSc1nnc(-c2ccc(OC(F)F)cc2)o1. The number of thioether (sulfide) groups is 1. The molecular weight excluding hydrogens is 294 g/mol. The minimum Gasteiger partial charge on any atom is -0.481 e. The molecule has 0 aliphatic heterocycles. The fourth-order valence-corrected chi connectivity index (χ4v) is 1.77. The van der Waals surface area contributed by atoms with E-state index in [0.717, 1.165) is 11.8 Å². The summed E-state index contributed by atoms with van der Waals surface area (Å²) in [5, 5.41) is 16.0. The first-order chi connectivity index (χ1) is 9.54. The van der Waals surface area contributed by atoms with Crippen LogP contribution in [0.1, 0.15) is 0 Å². The van der Waals surface area contributed by atoms with Crippen LogP contribution in [0.25, 0.3) is 11.5 Å². The normalized spacial score (nSPS) is 10.8. The van der Waals surface area contributed by atoms with Crippen LogP contribution in [0, 0.1) is 0 Å². The summed E-state index contributed by atoms with van der Waals surface area (Å²) >= 11 is 0.892. The van der Waals surface area contributed by atoms with Crippen LogP contribution in [0.15, 0.2) is 33.9 Å². The highest BCUT2D eigenvalue weighted by Gasteiger charge is 2.11. The van der Waals surface area contributed by atoms with Crippen LogP contribution in [-0.4, -0.2) is 33.6 Å². The molecule has 0 spiro atoms. The number of aliphatic carboxylic acids is 1. The highest BCUT2D eigenvalue weighted by molar-refractivity contribution is 7.99. The molecule has 0 saturated carbocycles. The lowest BCUT2D eigenvalue weighted by Gasteiger charge is -2.03. The highest BCUT2D eigenvalue weighted by Crippen LogP contribution is 2.25. The lowest BCUT2D eigenvalue weighted by atomic mass is 10.2. The predicted molar refractivity (Wildman–Crippen MR) is 64.7 cm³/mol. The van der Waals surface area contributed by atoms with Crippen molar-refractivity contribution in [2.45, 2.75) is 11.8 Å². The van der Waals surface area contributed by atoms with Gasteiger partial charge in [-0.25, -0.2) is 0 Å². The van der Waals surface area contributed by atoms with Gasteiger partial charge in [0.2, 0.25) is 5.89 Å². The zero-order chi connectivity index (χ0) is 14.5. The Morgan fingerprint density at radius 3 is 2.65 bits per heavy atom. The van der Waals surface area contributed by atoms with E-state index in [-0.39, 0.29) is 22.6 Å². The first-order valence-electron chi connectivity index (χ1n) is 5.28. The summed E-state index contributed by atoms with van der Waals surface area (Å²) in [6, 6.07) is 5.65. The third-order valence-corrected chi connectivity index (χ3v) is 2.86. The molecule has 0 radical (unpaired) electrons. The second-order valence-electron chi connectivity index (χ2n) is 3.46. The van der Waals surface area contributed by atoms with Crippen LogP contribution in [0.3, 0.4) is 0 Å². The number of hydrogen-bond acceptors (Lipinski definition) is 6. The third kappa shape index (κ3) is 3.92. The summed E-state index contributed by atoms with van der Waals surface area (Å²) in [6.07, 6.45) is 0. The van der Waals surface area contributed by atoms with Gasteiger partial charge in [-0.3, -0.25) is 4.79 Å². The number of alkyl halides is 2. The van der Waals surface area contributed by atoms with E-state index in [2.05, 4.69) is 14.9 Å². The highest BCUT2D eigenvalue weighted by atomic mass is 32.2. The molecule has 0 bridgehead atoms. The quantitative estimate of drug-likeness (QED) is 0.820. The smallest absolute Gasteiger partial charge is 0.387 e. The van der Waals surface area contributed by atoms with Crippen molar-refractivity contribution in [3.05, 3.63) is 24.3 Å². The molecule has 2 rings (SSSR count). The van der Waals surface area contributed by atoms with E-state index in [4.69, 9.17) is 9.52 Å². The Morgan fingerprint density at radius 2 is 2.05 bits per heavy atom. The molecule has 6 nitrogen and oxygen atoms in total. The monoisotopic (exact) mass is 302 g/mol. The van der Waals surface area contributed by atoms with E-state index < -0.39 is 12.6 Å². The molecule has 2 aromatic rings. The summed E-state index contributed by atoms with van der Waals surface area (Å²) in [5.74, 6) is -1.00. The first kappa shape index (κ1) is 14.3. The summed E-state index contributed by atoms with van der Waals surface area (Å²) < 4.78 is 33.4. The van der Waals surface area contributed by atoms with Crippen LogP contribution < -0.4 is 4.74 Å². The number of carbonyl (C=O) groups is 1. The molecule has 0 saturated heterocycles. The molecule has 9 heteroatoms. The van der Waals surface area contributed by atoms with Gasteiger partial charge in [-0.15, -0.1) is 10.2 Å². The van der Waals surface area contributed by atoms with E-state index in [1.165, 1.54) is 24.3 Å². The van der Waals surface area contributed by atoms with E-state index in [1.807, 2.05) is 0 Å². The summed E-state index contributed by atoms with van der Waals surface area (Å²) in [7, 11) is 0. The van der Waals surface area contributed by atoms with Gasteiger partial charge in [0.05, 0.1) is 0 Å². The molecule has 0 unspecified atom stereocenters. The number of rotatable bonds is 6. The number of ether oxygens (including phenoxy) is 1. The van der Waals surface area contributed by atoms with Gasteiger partial charge in [0, 0.05) is 5.56 Å². The average Bonchev–Trinajstić information content (AvgIpc) is 2.85. The molecular formula is C11H8F2N2O4S. The Kier molecular flexibility index (Phi) is 4.51. The maximum Gasteiger partial charge on any atom is 0.387 e. The van der Waals surface area contributed by atoms with Gasteiger partial charge < -0.3 is 14.3 Å². The molecule has 1 aromatic carbocycles. The first-order valence-corrected chi connectivity index (χ1v) is 6.26. The lowest BCUT2D eigenvalue weighted by molar-refractivity contribution is -0.133. The summed E-state index contributed by atoms with van der Waals surface area (Å²) in [5.41, 5.74) is 0.515. The van der Waals surface area contributed by atoms with Crippen LogP contribution in [0.5, 0.6) is 5.75 Å². The van der Waals surface area contributed by atoms with Gasteiger partial charge in [0.15, 0.2) is 0 Å². The van der Waals surface area contributed by atoms with E-state index in [9.17, 15) is 13.6 Å². The van der Waals surface area contributed by atoms with Crippen LogP contribution >= 0.6 is 11.8 Å². The van der Waals surface area contributed by atoms with Crippen molar-refractivity contribution in [3.63, 3.8) is 0 Å². The Hall–Kier alpha value is -2.16. The van der Waals surface area contributed by atoms with E-state index in [1.54, 1.807) is 0 Å². The standard InChI is InChI=1S/C11H8F2N2O4S/c12-10(13)18-7-3-1-6(2-4-7)9-14-15-11(19-9)20-5-8(16)17/h1-4,10H,5H2,(H,16,17). The number of halogens is 2. The van der Waals surface area contributed by atoms with Crippen LogP contribution in [-0.2, 0) is 4.79 Å². The maximum absolute atomic E-state index is 12.0. The molecule has 1 aromatic heterocycles.